The standard InChI is InChI=1S/C12H12BrNO3/c13-9-1-3-10(4-2-9)14-7-8(5-11(14)15)6-12(16)17/h1-4,8H,5-7H2,(H,16,17). The minimum absolute atomic E-state index is 0.00132. The largest absolute Gasteiger partial charge is 0.481 e. The highest BCUT2D eigenvalue weighted by molar-refractivity contribution is 9.10. The number of nitrogens with zero attached hydrogens (tertiary/aromatic N) is 1. The van der Waals surface area contributed by atoms with Crippen LogP contribution in [0.3, 0.4) is 0 Å². The molecule has 5 heteroatoms. The normalized spacial score (nSPS) is 19.7. The van der Waals surface area contributed by atoms with Crippen LogP contribution in [0.4, 0.5) is 5.69 Å². The lowest BCUT2D eigenvalue weighted by Crippen LogP contribution is -2.24. The van der Waals surface area contributed by atoms with Crippen molar-refractivity contribution < 1.29 is 14.7 Å². The molecule has 90 valence electrons. The molecule has 17 heavy (non-hydrogen) atoms. The van der Waals surface area contributed by atoms with Crippen molar-refractivity contribution in [3.8, 4) is 0 Å². The molecule has 0 aliphatic carbocycles. The van der Waals surface area contributed by atoms with E-state index in [0.29, 0.717) is 13.0 Å². The Morgan fingerprint density at radius 3 is 2.65 bits per heavy atom. The van der Waals surface area contributed by atoms with Crippen LogP contribution in [0.5, 0.6) is 0 Å². The van der Waals surface area contributed by atoms with Crippen LogP contribution in [0.25, 0.3) is 0 Å². The molecular weight excluding hydrogens is 286 g/mol. The SMILES string of the molecule is O=C(O)CC1CC(=O)N(c2ccc(Br)cc2)C1. The minimum atomic E-state index is -0.847. The molecule has 4 nitrogen and oxygen atoms in total. The molecule has 1 fully saturated rings. The van der Waals surface area contributed by atoms with E-state index in [4.69, 9.17) is 5.11 Å². The van der Waals surface area contributed by atoms with E-state index in [0.717, 1.165) is 10.2 Å². The van der Waals surface area contributed by atoms with E-state index in [9.17, 15) is 9.59 Å². The average Bonchev–Trinajstić information content (AvgIpc) is 2.59. The van der Waals surface area contributed by atoms with Crippen LogP contribution in [0, 0.1) is 5.92 Å². The molecule has 0 aromatic heterocycles. The maximum atomic E-state index is 11.8. The molecule has 2 rings (SSSR count). The highest BCUT2D eigenvalue weighted by atomic mass is 79.9. The van der Waals surface area contributed by atoms with Gasteiger partial charge in [0.05, 0.1) is 6.42 Å². The third-order valence-corrected chi connectivity index (χ3v) is 3.34. The molecule has 1 aliphatic rings. The van der Waals surface area contributed by atoms with Gasteiger partial charge in [0.2, 0.25) is 5.91 Å². The third kappa shape index (κ3) is 2.85. The molecule has 1 unspecified atom stereocenters. The lowest BCUT2D eigenvalue weighted by atomic mass is 10.1. The summed E-state index contributed by atoms with van der Waals surface area (Å²) in [5, 5.41) is 8.72. The Morgan fingerprint density at radius 1 is 1.41 bits per heavy atom. The van der Waals surface area contributed by atoms with Crippen molar-refractivity contribution in [3.63, 3.8) is 0 Å². The molecule has 0 radical (unpaired) electrons. The van der Waals surface area contributed by atoms with Gasteiger partial charge >= 0.3 is 5.97 Å². The number of amides is 1. The maximum Gasteiger partial charge on any atom is 0.303 e. The third-order valence-electron chi connectivity index (χ3n) is 2.81. The van der Waals surface area contributed by atoms with Crippen LogP contribution in [0.15, 0.2) is 28.7 Å². The summed E-state index contributed by atoms with van der Waals surface area (Å²) in [4.78, 5) is 24.0. The lowest BCUT2D eigenvalue weighted by molar-refractivity contribution is -0.137. The van der Waals surface area contributed by atoms with Crippen LogP contribution >= 0.6 is 15.9 Å². The minimum Gasteiger partial charge on any atom is -0.481 e. The molecule has 0 bridgehead atoms. The van der Waals surface area contributed by atoms with Crippen molar-refractivity contribution in [1.82, 2.24) is 0 Å². The van der Waals surface area contributed by atoms with E-state index in [1.807, 2.05) is 24.3 Å². The Hall–Kier alpha value is -1.36. The van der Waals surface area contributed by atoms with Crippen molar-refractivity contribution >= 4 is 33.5 Å². The van der Waals surface area contributed by atoms with Gasteiger partial charge in [0, 0.05) is 23.1 Å². The predicted molar refractivity (Wildman–Crippen MR) is 66.9 cm³/mol. The molecule has 1 atom stereocenters. The summed E-state index contributed by atoms with van der Waals surface area (Å²) in [5.41, 5.74) is 0.825. The fourth-order valence-electron chi connectivity index (χ4n) is 2.04. The van der Waals surface area contributed by atoms with Gasteiger partial charge in [-0.1, -0.05) is 15.9 Å². The molecule has 1 saturated heterocycles. The zero-order valence-corrected chi connectivity index (χ0v) is 10.7. The van der Waals surface area contributed by atoms with Crippen molar-refractivity contribution in [2.75, 3.05) is 11.4 Å². The molecule has 1 aromatic carbocycles. The molecule has 1 amide bonds. The van der Waals surface area contributed by atoms with Gasteiger partial charge in [-0.3, -0.25) is 9.59 Å². The Bertz CT molecular complexity index is 444. The van der Waals surface area contributed by atoms with E-state index in [-0.39, 0.29) is 18.2 Å². The number of carbonyl (C=O) groups is 2. The summed E-state index contributed by atoms with van der Waals surface area (Å²) in [5.74, 6) is -0.928. The van der Waals surface area contributed by atoms with Gasteiger partial charge in [0.1, 0.15) is 0 Å². The lowest BCUT2D eigenvalue weighted by Gasteiger charge is -2.16. The van der Waals surface area contributed by atoms with Crippen LogP contribution in [-0.2, 0) is 9.59 Å². The Balaban J connectivity index is 2.10. The second-order valence-corrected chi connectivity index (χ2v) is 5.06. The van der Waals surface area contributed by atoms with E-state index in [2.05, 4.69) is 15.9 Å². The number of carboxylic acid groups (broad SMARTS) is 1. The quantitative estimate of drug-likeness (QED) is 0.931. The number of hydrogen-bond donors (Lipinski definition) is 1. The van der Waals surface area contributed by atoms with Gasteiger partial charge in [-0.05, 0) is 30.2 Å². The number of carboxylic acids is 1. The van der Waals surface area contributed by atoms with Crippen molar-refractivity contribution in [1.29, 1.82) is 0 Å². The van der Waals surface area contributed by atoms with E-state index in [1.54, 1.807) is 4.90 Å². The number of rotatable bonds is 3. The Labute approximate surface area is 107 Å². The van der Waals surface area contributed by atoms with Gasteiger partial charge in [-0.15, -0.1) is 0 Å². The van der Waals surface area contributed by atoms with Gasteiger partial charge in [0.25, 0.3) is 0 Å². The van der Waals surface area contributed by atoms with E-state index < -0.39 is 5.97 Å². The molecule has 1 heterocycles. The number of anilines is 1. The van der Waals surface area contributed by atoms with Crippen LogP contribution in [0.2, 0.25) is 0 Å². The Morgan fingerprint density at radius 2 is 2.06 bits per heavy atom. The second-order valence-electron chi connectivity index (χ2n) is 4.15. The summed E-state index contributed by atoms with van der Waals surface area (Å²) >= 11 is 3.33. The number of benzene rings is 1. The van der Waals surface area contributed by atoms with Crippen molar-refractivity contribution in [3.05, 3.63) is 28.7 Å². The molecular formula is C12H12BrNO3. The van der Waals surface area contributed by atoms with Gasteiger partial charge in [-0.25, -0.2) is 0 Å². The Kier molecular flexibility index (Phi) is 3.47. The molecule has 0 spiro atoms. The van der Waals surface area contributed by atoms with Crippen LogP contribution in [-0.4, -0.2) is 23.5 Å². The first kappa shape index (κ1) is 12.1. The number of halogens is 1. The zero-order valence-electron chi connectivity index (χ0n) is 9.10. The summed E-state index contributed by atoms with van der Waals surface area (Å²) in [6.45, 7) is 0.493. The number of carbonyl (C=O) groups excluding carboxylic acids is 1. The van der Waals surface area contributed by atoms with Gasteiger partial charge < -0.3 is 10.0 Å². The first-order valence-corrected chi connectivity index (χ1v) is 6.13. The molecule has 1 aromatic rings. The summed E-state index contributed by atoms with van der Waals surface area (Å²) in [6, 6.07) is 7.44. The van der Waals surface area contributed by atoms with E-state index in [1.165, 1.54) is 0 Å². The maximum absolute atomic E-state index is 11.8. The molecule has 1 N–H and O–H groups in total. The second kappa shape index (κ2) is 4.87. The van der Waals surface area contributed by atoms with Crippen molar-refractivity contribution in [2.45, 2.75) is 12.8 Å². The first-order chi connectivity index (χ1) is 8.06. The number of aliphatic carboxylic acids is 1. The number of hydrogen-bond acceptors (Lipinski definition) is 2. The van der Waals surface area contributed by atoms with Crippen LogP contribution < -0.4 is 4.90 Å². The fraction of sp³-hybridized carbons (Fsp3) is 0.333. The molecule has 0 saturated carbocycles. The fourth-order valence-corrected chi connectivity index (χ4v) is 2.30. The summed E-state index contributed by atoms with van der Waals surface area (Å²) in [7, 11) is 0. The highest BCUT2D eigenvalue weighted by Gasteiger charge is 2.31. The van der Waals surface area contributed by atoms with Crippen molar-refractivity contribution in [2.24, 2.45) is 5.92 Å². The van der Waals surface area contributed by atoms with Crippen LogP contribution in [0.1, 0.15) is 12.8 Å². The van der Waals surface area contributed by atoms with E-state index >= 15 is 0 Å². The highest BCUT2D eigenvalue weighted by Crippen LogP contribution is 2.27. The van der Waals surface area contributed by atoms with Gasteiger partial charge in [-0.2, -0.15) is 0 Å². The van der Waals surface area contributed by atoms with Gasteiger partial charge in [0.15, 0.2) is 0 Å². The zero-order chi connectivity index (χ0) is 12.4. The summed E-state index contributed by atoms with van der Waals surface area (Å²) in [6.07, 6.45) is 0.376. The monoisotopic (exact) mass is 297 g/mol. The topological polar surface area (TPSA) is 57.6 Å². The molecule has 1 aliphatic heterocycles. The summed E-state index contributed by atoms with van der Waals surface area (Å²) < 4.78 is 0.954. The first-order valence-electron chi connectivity index (χ1n) is 5.34. The average molecular weight is 298 g/mol. The smallest absolute Gasteiger partial charge is 0.303 e. The predicted octanol–water partition coefficient (Wildman–Crippen LogP) is 2.28.